The minimum absolute atomic E-state index is 1.01. The maximum absolute atomic E-state index is 4.64. The van der Waals surface area contributed by atoms with Gasteiger partial charge in [-0.3, -0.25) is 4.99 Å². The first kappa shape index (κ1) is 14.8. The molecule has 0 unspecified atom stereocenters. The number of hydrogen-bond donors (Lipinski definition) is 0. The zero-order valence-electron chi connectivity index (χ0n) is 12.6. The van der Waals surface area contributed by atoms with Crippen LogP contribution in [0.2, 0.25) is 0 Å². The van der Waals surface area contributed by atoms with Crippen molar-refractivity contribution in [2.45, 2.75) is 13.8 Å². The minimum atomic E-state index is 1.01. The van der Waals surface area contributed by atoms with Crippen LogP contribution in [0.3, 0.4) is 0 Å². The predicted octanol–water partition coefficient (Wildman–Crippen LogP) is 5.61. The lowest BCUT2D eigenvalue weighted by molar-refractivity contribution is 1.07. The van der Waals surface area contributed by atoms with E-state index in [1.54, 1.807) is 0 Å². The van der Waals surface area contributed by atoms with Crippen LogP contribution in [-0.2, 0) is 0 Å². The van der Waals surface area contributed by atoms with Gasteiger partial charge in [-0.2, -0.15) is 0 Å². The highest BCUT2D eigenvalue weighted by Crippen LogP contribution is 2.20. The van der Waals surface area contributed by atoms with Crippen molar-refractivity contribution in [3.8, 4) is 5.69 Å². The number of aliphatic imine (C=N–C) groups is 1. The summed E-state index contributed by atoms with van der Waals surface area (Å²) in [6.45, 7) is 4.19. The highest BCUT2D eigenvalue weighted by Gasteiger charge is 2.02. The zero-order valence-corrected chi connectivity index (χ0v) is 14.2. The Balaban J connectivity index is 1.92. The summed E-state index contributed by atoms with van der Waals surface area (Å²) < 4.78 is 3.20. The number of nitrogens with zero attached hydrogens (tertiary/aromatic N) is 2. The molecule has 1 aromatic heterocycles. The van der Waals surface area contributed by atoms with E-state index in [1.807, 2.05) is 30.6 Å². The van der Waals surface area contributed by atoms with Gasteiger partial charge in [0.05, 0.1) is 17.6 Å². The third-order valence-corrected chi connectivity index (χ3v) is 4.10. The summed E-state index contributed by atoms with van der Waals surface area (Å²) in [6, 6.07) is 18.7. The molecular formula is C19H17BrN2. The second-order valence-corrected chi connectivity index (χ2v) is 6.24. The smallest absolute Gasteiger partial charge is 0.0659 e. The molecule has 2 nitrogen and oxygen atoms in total. The second-order valence-electron chi connectivity index (χ2n) is 5.33. The van der Waals surface area contributed by atoms with Crippen LogP contribution in [-0.4, -0.2) is 10.8 Å². The van der Waals surface area contributed by atoms with Crippen molar-refractivity contribution < 1.29 is 0 Å². The van der Waals surface area contributed by atoms with Gasteiger partial charge in [-0.15, -0.1) is 0 Å². The van der Waals surface area contributed by atoms with E-state index in [4.69, 9.17) is 0 Å². The van der Waals surface area contributed by atoms with E-state index in [9.17, 15) is 0 Å². The van der Waals surface area contributed by atoms with Crippen molar-refractivity contribution in [1.29, 1.82) is 0 Å². The molecule has 0 atom stereocenters. The average molecular weight is 353 g/mol. The van der Waals surface area contributed by atoms with Gasteiger partial charge >= 0.3 is 0 Å². The Kier molecular flexibility index (Phi) is 4.25. The van der Waals surface area contributed by atoms with Gasteiger partial charge in [-0.05, 0) is 61.9 Å². The molecule has 0 fully saturated rings. The summed E-state index contributed by atoms with van der Waals surface area (Å²) >= 11 is 3.47. The van der Waals surface area contributed by atoms with Crippen molar-refractivity contribution in [2.24, 2.45) is 4.99 Å². The molecule has 0 bridgehead atoms. The van der Waals surface area contributed by atoms with Crippen molar-refractivity contribution >= 4 is 27.8 Å². The summed E-state index contributed by atoms with van der Waals surface area (Å²) in [5.74, 6) is 0. The van der Waals surface area contributed by atoms with Crippen LogP contribution in [0.15, 0.2) is 70.3 Å². The molecule has 0 aliphatic carbocycles. The van der Waals surface area contributed by atoms with E-state index in [2.05, 4.69) is 75.7 Å². The lowest BCUT2D eigenvalue weighted by atomic mass is 10.1. The summed E-state index contributed by atoms with van der Waals surface area (Å²) in [4.78, 5) is 4.64. The molecule has 0 spiro atoms. The number of rotatable bonds is 3. The Labute approximate surface area is 139 Å². The molecule has 0 saturated heterocycles. The van der Waals surface area contributed by atoms with Gasteiger partial charge in [0, 0.05) is 16.4 Å². The maximum atomic E-state index is 4.64. The van der Waals surface area contributed by atoms with Crippen molar-refractivity contribution in [3.63, 3.8) is 0 Å². The molecule has 3 aromatic rings. The highest BCUT2D eigenvalue weighted by atomic mass is 79.9. The first-order valence-electron chi connectivity index (χ1n) is 7.18. The Hall–Kier alpha value is -2.13. The van der Waals surface area contributed by atoms with Gasteiger partial charge in [0.25, 0.3) is 0 Å². The van der Waals surface area contributed by atoms with Crippen molar-refractivity contribution in [2.75, 3.05) is 0 Å². The fourth-order valence-electron chi connectivity index (χ4n) is 2.42. The Bertz CT molecular complexity index is 814. The summed E-state index contributed by atoms with van der Waals surface area (Å²) in [5.41, 5.74) is 5.64. The van der Waals surface area contributed by atoms with Gasteiger partial charge in [0.1, 0.15) is 0 Å². The van der Waals surface area contributed by atoms with Crippen LogP contribution in [0.4, 0.5) is 5.69 Å². The summed E-state index contributed by atoms with van der Waals surface area (Å²) in [7, 11) is 0. The van der Waals surface area contributed by atoms with E-state index in [-0.39, 0.29) is 0 Å². The molecule has 0 aliphatic rings. The predicted molar refractivity (Wildman–Crippen MR) is 96.6 cm³/mol. The number of hydrogen-bond acceptors (Lipinski definition) is 1. The highest BCUT2D eigenvalue weighted by molar-refractivity contribution is 9.10. The van der Waals surface area contributed by atoms with Crippen molar-refractivity contribution in [3.05, 3.63) is 82.1 Å². The molecule has 0 saturated carbocycles. The number of halogens is 1. The van der Waals surface area contributed by atoms with Gasteiger partial charge in [0.15, 0.2) is 0 Å². The van der Waals surface area contributed by atoms with Crippen LogP contribution in [0.1, 0.15) is 16.8 Å². The largest absolute Gasteiger partial charge is 0.316 e. The van der Waals surface area contributed by atoms with Crippen LogP contribution < -0.4 is 0 Å². The topological polar surface area (TPSA) is 17.3 Å². The minimum Gasteiger partial charge on any atom is -0.316 e. The molecule has 3 rings (SSSR count). The van der Waals surface area contributed by atoms with Crippen molar-refractivity contribution in [1.82, 2.24) is 4.57 Å². The third kappa shape index (κ3) is 3.20. The fraction of sp³-hybridized carbons (Fsp3) is 0.105. The Morgan fingerprint density at radius 1 is 1.00 bits per heavy atom. The quantitative estimate of drug-likeness (QED) is 0.545. The fourth-order valence-corrected chi connectivity index (χ4v) is 2.69. The van der Waals surface area contributed by atoms with E-state index >= 15 is 0 Å². The number of benzene rings is 2. The molecule has 0 N–H and O–H groups in total. The molecule has 110 valence electrons. The molecule has 2 aromatic carbocycles. The number of aromatic nitrogens is 1. The zero-order chi connectivity index (χ0) is 15.5. The molecule has 22 heavy (non-hydrogen) atoms. The SMILES string of the molecule is Cc1ccc(N=Cc2cccn2-c2ccc(Br)cc2)c(C)c1. The van der Waals surface area contributed by atoms with Gasteiger partial charge in [-0.1, -0.05) is 33.6 Å². The van der Waals surface area contributed by atoms with Crippen LogP contribution >= 0.6 is 15.9 Å². The first-order chi connectivity index (χ1) is 10.6. The lowest BCUT2D eigenvalue weighted by Gasteiger charge is -2.06. The standard InChI is InChI=1S/C19H17BrN2/c1-14-5-10-19(15(2)12-14)21-13-18-4-3-11-22(18)17-8-6-16(20)7-9-17/h3-13H,1-2H3. The monoisotopic (exact) mass is 352 g/mol. The van der Waals surface area contributed by atoms with E-state index in [0.29, 0.717) is 0 Å². The van der Waals surface area contributed by atoms with E-state index < -0.39 is 0 Å². The molecule has 0 radical (unpaired) electrons. The lowest BCUT2D eigenvalue weighted by Crippen LogP contribution is -1.97. The summed E-state index contributed by atoms with van der Waals surface area (Å²) in [6.07, 6.45) is 3.96. The van der Waals surface area contributed by atoms with Crippen LogP contribution in [0.25, 0.3) is 5.69 Å². The molecule has 0 aliphatic heterocycles. The first-order valence-corrected chi connectivity index (χ1v) is 7.97. The maximum Gasteiger partial charge on any atom is 0.0659 e. The van der Waals surface area contributed by atoms with Crippen LogP contribution in [0.5, 0.6) is 0 Å². The average Bonchev–Trinajstić information content (AvgIpc) is 2.95. The van der Waals surface area contributed by atoms with Gasteiger partial charge < -0.3 is 4.57 Å². The second kappa shape index (κ2) is 6.32. The number of aryl methyl sites for hydroxylation is 2. The van der Waals surface area contributed by atoms with E-state index in [1.165, 1.54) is 11.1 Å². The summed E-state index contributed by atoms with van der Waals surface area (Å²) in [5, 5.41) is 0. The van der Waals surface area contributed by atoms with E-state index in [0.717, 1.165) is 21.5 Å². The Morgan fingerprint density at radius 3 is 2.50 bits per heavy atom. The van der Waals surface area contributed by atoms with Gasteiger partial charge in [-0.25, -0.2) is 0 Å². The Morgan fingerprint density at radius 2 is 1.77 bits per heavy atom. The molecule has 0 amide bonds. The van der Waals surface area contributed by atoms with Crippen LogP contribution in [0, 0.1) is 13.8 Å². The third-order valence-electron chi connectivity index (χ3n) is 3.57. The molecular weight excluding hydrogens is 336 g/mol. The van der Waals surface area contributed by atoms with Gasteiger partial charge in [0.2, 0.25) is 0 Å². The molecule has 3 heteroatoms. The molecule has 1 heterocycles. The normalized spacial score (nSPS) is 11.2.